The lowest BCUT2D eigenvalue weighted by Crippen LogP contribution is -2.31. The second-order valence-electron chi connectivity index (χ2n) is 5.37. The Morgan fingerprint density at radius 3 is 2.74 bits per heavy atom. The first-order chi connectivity index (χ1) is 13.0. The fourth-order valence-electron chi connectivity index (χ4n) is 2.28. The van der Waals surface area contributed by atoms with Gasteiger partial charge in [-0.1, -0.05) is 17.7 Å². The van der Waals surface area contributed by atoms with Crippen LogP contribution in [0.15, 0.2) is 51.7 Å². The predicted octanol–water partition coefficient (Wildman–Crippen LogP) is 2.89. The predicted molar refractivity (Wildman–Crippen MR) is 104 cm³/mol. The summed E-state index contributed by atoms with van der Waals surface area (Å²) in [4.78, 5) is 25.9. The Morgan fingerprint density at radius 2 is 2.11 bits per heavy atom. The molecule has 0 spiro atoms. The Kier molecular flexibility index (Phi) is 5.45. The number of nitrogens with zero attached hydrogens (tertiary/aromatic N) is 4. The standard InChI is InChI=1S/C18H12ClN5O2S/c1-11-15(9-20)18(26)24(13-6-4-12(19)5-7-13)23-16(11)17(25)22-21-10-14-3-2-8-27-14/h2-8,10H,1H3,(H,22,25)/b21-10-. The van der Waals surface area contributed by atoms with Crippen molar-refractivity contribution < 1.29 is 4.79 Å². The zero-order chi connectivity index (χ0) is 19.4. The number of nitriles is 1. The maximum absolute atomic E-state index is 12.5. The third-order valence-corrected chi connectivity index (χ3v) is 4.69. The first-order valence-corrected chi connectivity index (χ1v) is 8.94. The van der Waals surface area contributed by atoms with Crippen molar-refractivity contribution in [2.24, 2.45) is 5.10 Å². The third kappa shape index (κ3) is 3.95. The van der Waals surface area contributed by atoms with Crippen molar-refractivity contribution in [3.8, 4) is 11.8 Å². The molecule has 0 saturated heterocycles. The van der Waals surface area contributed by atoms with Crippen LogP contribution in [0.25, 0.3) is 5.69 Å². The summed E-state index contributed by atoms with van der Waals surface area (Å²) in [6.07, 6.45) is 1.50. The molecule has 3 rings (SSSR count). The van der Waals surface area contributed by atoms with Crippen LogP contribution in [0.3, 0.4) is 0 Å². The van der Waals surface area contributed by atoms with E-state index in [1.54, 1.807) is 24.3 Å². The van der Waals surface area contributed by atoms with Gasteiger partial charge in [0.25, 0.3) is 11.5 Å². The monoisotopic (exact) mass is 397 g/mol. The van der Waals surface area contributed by atoms with Crippen molar-refractivity contribution in [2.75, 3.05) is 0 Å². The lowest BCUT2D eigenvalue weighted by molar-refractivity contribution is 0.0947. The fourth-order valence-corrected chi connectivity index (χ4v) is 2.99. The number of hydrogen-bond acceptors (Lipinski definition) is 6. The van der Waals surface area contributed by atoms with Gasteiger partial charge in [0.05, 0.1) is 11.9 Å². The smallest absolute Gasteiger partial charge is 0.266 e. The van der Waals surface area contributed by atoms with Crippen LogP contribution in [0, 0.1) is 18.3 Å². The molecular weight excluding hydrogens is 386 g/mol. The molecule has 2 heterocycles. The average Bonchev–Trinajstić information content (AvgIpc) is 3.17. The summed E-state index contributed by atoms with van der Waals surface area (Å²) in [6.45, 7) is 1.50. The summed E-state index contributed by atoms with van der Waals surface area (Å²) >= 11 is 7.33. The third-order valence-electron chi connectivity index (χ3n) is 3.64. The average molecular weight is 398 g/mol. The molecule has 2 aromatic heterocycles. The summed E-state index contributed by atoms with van der Waals surface area (Å²) in [6, 6.07) is 11.9. The van der Waals surface area contributed by atoms with Crippen LogP contribution < -0.4 is 11.0 Å². The summed E-state index contributed by atoms with van der Waals surface area (Å²) < 4.78 is 1.000. The van der Waals surface area contributed by atoms with Crippen LogP contribution in [0.1, 0.15) is 26.5 Å². The molecule has 0 aliphatic heterocycles. The van der Waals surface area contributed by atoms with Crippen molar-refractivity contribution in [1.29, 1.82) is 5.26 Å². The molecule has 134 valence electrons. The molecular formula is C18H12ClN5O2S. The van der Waals surface area contributed by atoms with Gasteiger partial charge in [0.15, 0.2) is 5.69 Å². The van der Waals surface area contributed by atoms with Gasteiger partial charge in [0.1, 0.15) is 11.6 Å². The van der Waals surface area contributed by atoms with Gasteiger partial charge >= 0.3 is 0 Å². The lowest BCUT2D eigenvalue weighted by atomic mass is 10.1. The Hall–Kier alpha value is -3.28. The Labute approximate surface area is 163 Å². The van der Waals surface area contributed by atoms with Gasteiger partial charge in [-0.15, -0.1) is 11.3 Å². The second kappa shape index (κ2) is 7.95. The number of nitrogens with one attached hydrogen (secondary N) is 1. The van der Waals surface area contributed by atoms with Gasteiger partial charge in [-0.2, -0.15) is 20.1 Å². The maximum Gasteiger partial charge on any atom is 0.292 e. The van der Waals surface area contributed by atoms with Gasteiger partial charge < -0.3 is 0 Å². The molecule has 7 nitrogen and oxygen atoms in total. The van der Waals surface area contributed by atoms with Gasteiger partial charge in [-0.05, 0) is 42.6 Å². The number of benzene rings is 1. The van der Waals surface area contributed by atoms with Crippen LogP contribution in [-0.4, -0.2) is 21.9 Å². The second-order valence-corrected chi connectivity index (χ2v) is 6.78. The molecule has 0 unspecified atom stereocenters. The molecule has 0 aliphatic rings. The van der Waals surface area contributed by atoms with Crippen LogP contribution >= 0.6 is 22.9 Å². The summed E-state index contributed by atoms with van der Waals surface area (Å²) in [7, 11) is 0. The largest absolute Gasteiger partial charge is 0.292 e. The van der Waals surface area contributed by atoms with Crippen LogP contribution in [0.5, 0.6) is 0 Å². The zero-order valence-electron chi connectivity index (χ0n) is 14.0. The Morgan fingerprint density at radius 1 is 1.37 bits per heavy atom. The van der Waals surface area contributed by atoms with Crippen LogP contribution in [0.2, 0.25) is 5.02 Å². The van der Waals surface area contributed by atoms with E-state index in [0.29, 0.717) is 10.7 Å². The first kappa shape index (κ1) is 18.5. The quantitative estimate of drug-likeness (QED) is 0.540. The van der Waals surface area contributed by atoms with Crippen LogP contribution in [0.4, 0.5) is 0 Å². The number of halogens is 1. The highest BCUT2D eigenvalue weighted by Gasteiger charge is 2.20. The van der Waals surface area contributed by atoms with E-state index in [9.17, 15) is 14.9 Å². The minimum Gasteiger partial charge on any atom is -0.266 e. The molecule has 1 amide bonds. The van der Waals surface area contributed by atoms with E-state index < -0.39 is 11.5 Å². The van der Waals surface area contributed by atoms with E-state index in [1.165, 1.54) is 24.5 Å². The van der Waals surface area contributed by atoms with E-state index in [4.69, 9.17) is 11.6 Å². The molecule has 0 aliphatic carbocycles. The number of aromatic nitrogens is 2. The first-order valence-electron chi connectivity index (χ1n) is 7.68. The SMILES string of the molecule is Cc1c(C(=O)N/N=C\c2cccs2)nn(-c2ccc(Cl)cc2)c(=O)c1C#N. The number of carbonyl (C=O) groups excluding carboxylic acids is 1. The van der Waals surface area contributed by atoms with Gasteiger partial charge in [-0.3, -0.25) is 9.59 Å². The normalized spacial score (nSPS) is 10.7. The van der Waals surface area contributed by atoms with Gasteiger partial charge in [-0.25, -0.2) is 5.43 Å². The Bertz CT molecular complexity index is 1110. The van der Waals surface area contributed by atoms with E-state index in [1.807, 2.05) is 23.6 Å². The lowest BCUT2D eigenvalue weighted by Gasteiger charge is -2.10. The number of hydrogen-bond donors (Lipinski definition) is 1. The molecule has 3 aromatic rings. The Balaban J connectivity index is 2.00. The molecule has 9 heteroatoms. The van der Waals surface area contributed by atoms with Gasteiger partial charge in [0, 0.05) is 15.5 Å². The maximum atomic E-state index is 12.5. The molecule has 27 heavy (non-hydrogen) atoms. The minimum absolute atomic E-state index is 0.0653. The zero-order valence-corrected chi connectivity index (χ0v) is 15.6. The highest BCUT2D eigenvalue weighted by atomic mass is 35.5. The van der Waals surface area contributed by atoms with Crippen molar-refractivity contribution >= 4 is 35.1 Å². The minimum atomic E-state index is -0.625. The van der Waals surface area contributed by atoms with E-state index in [0.717, 1.165) is 9.56 Å². The molecule has 0 radical (unpaired) electrons. The molecule has 1 aromatic carbocycles. The summed E-state index contributed by atoms with van der Waals surface area (Å²) in [5, 5.41) is 19.7. The molecule has 1 N–H and O–H groups in total. The van der Waals surface area contributed by atoms with Gasteiger partial charge in [0.2, 0.25) is 0 Å². The number of hydrazone groups is 1. The number of carbonyl (C=O) groups is 1. The summed E-state index contributed by atoms with van der Waals surface area (Å²) in [5.74, 6) is -0.625. The van der Waals surface area contributed by atoms with Crippen molar-refractivity contribution in [2.45, 2.75) is 6.92 Å². The number of thiophene rings is 1. The molecule has 0 atom stereocenters. The highest BCUT2D eigenvalue weighted by molar-refractivity contribution is 7.11. The molecule has 0 bridgehead atoms. The summed E-state index contributed by atoms with van der Waals surface area (Å²) in [5.41, 5.74) is 2.10. The van der Waals surface area contributed by atoms with E-state index >= 15 is 0 Å². The van der Waals surface area contributed by atoms with E-state index in [2.05, 4.69) is 15.6 Å². The highest BCUT2D eigenvalue weighted by Crippen LogP contribution is 2.14. The van der Waals surface area contributed by atoms with Crippen molar-refractivity contribution in [3.63, 3.8) is 0 Å². The molecule has 0 saturated carbocycles. The van der Waals surface area contributed by atoms with E-state index in [-0.39, 0.29) is 16.8 Å². The van der Waals surface area contributed by atoms with Crippen LogP contribution in [-0.2, 0) is 0 Å². The van der Waals surface area contributed by atoms with Crippen molar-refractivity contribution in [3.05, 3.63) is 78.9 Å². The number of amides is 1. The van der Waals surface area contributed by atoms with Crippen molar-refractivity contribution in [1.82, 2.24) is 15.2 Å². The molecule has 0 fully saturated rings. The topological polar surface area (TPSA) is 100 Å². The number of rotatable bonds is 4. The fraction of sp³-hybridized carbons (Fsp3) is 0.0556.